The number of nitrogens with zero attached hydrogens (tertiary/aromatic N) is 1. The zero-order chi connectivity index (χ0) is 20.1. The minimum Gasteiger partial charge on any atom is -0.377 e. The third kappa shape index (κ3) is 5.34. The molecule has 0 aliphatic carbocycles. The van der Waals surface area contributed by atoms with Gasteiger partial charge in [0.15, 0.2) is 0 Å². The zero-order valence-corrected chi connectivity index (χ0v) is 17.9. The van der Waals surface area contributed by atoms with Gasteiger partial charge in [0.1, 0.15) is 0 Å². The normalized spacial score (nSPS) is 20.0. The molecule has 2 saturated heterocycles. The summed E-state index contributed by atoms with van der Waals surface area (Å²) < 4.78 is 5.71. The molecule has 5 heteroatoms. The molecule has 0 spiro atoms. The fraction of sp³-hybridized carbons (Fsp3) is 0.458. The highest BCUT2D eigenvalue weighted by atomic mass is 32.2. The standard InChI is InChI=1S/C24H30N2O2S/c1-18-12-14-26(15-13-18)20-10-8-19(9-11-20)25-24(27)22-6-2-3-7-23(22)29-17-21-5-4-16-28-21/h2-3,6-11,18,21H,4-5,12-17H2,1H3,(H,25,27). The largest absolute Gasteiger partial charge is 0.377 e. The van der Waals surface area contributed by atoms with E-state index in [4.69, 9.17) is 4.74 Å². The Morgan fingerprint density at radius 2 is 1.86 bits per heavy atom. The molecule has 2 aliphatic heterocycles. The van der Waals surface area contributed by atoms with Crippen LogP contribution in [0.5, 0.6) is 0 Å². The van der Waals surface area contributed by atoms with E-state index in [0.29, 0.717) is 6.10 Å². The molecule has 1 atom stereocenters. The molecule has 4 rings (SSSR count). The number of benzene rings is 2. The van der Waals surface area contributed by atoms with Crippen molar-refractivity contribution >= 4 is 29.0 Å². The number of ether oxygens (including phenoxy) is 1. The van der Waals surface area contributed by atoms with Crippen LogP contribution < -0.4 is 10.2 Å². The average molecular weight is 411 g/mol. The first kappa shape index (κ1) is 20.3. The highest BCUT2D eigenvalue weighted by Gasteiger charge is 2.19. The number of hydrogen-bond donors (Lipinski definition) is 1. The van der Waals surface area contributed by atoms with Crippen molar-refractivity contribution in [2.24, 2.45) is 5.92 Å². The van der Waals surface area contributed by atoms with Crippen LogP contribution in [0.15, 0.2) is 53.4 Å². The van der Waals surface area contributed by atoms with E-state index in [-0.39, 0.29) is 5.91 Å². The molecule has 1 amide bonds. The summed E-state index contributed by atoms with van der Waals surface area (Å²) in [6.45, 7) is 5.41. The van der Waals surface area contributed by atoms with E-state index in [1.807, 2.05) is 36.4 Å². The fourth-order valence-corrected chi connectivity index (χ4v) is 5.08. The molecule has 2 fully saturated rings. The number of hydrogen-bond acceptors (Lipinski definition) is 4. The Hall–Kier alpha value is -1.98. The minimum absolute atomic E-state index is 0.0556. The smallest absolute Gasteiger partial charge is 0.256 e. The summed E-state index contributed by atoms with van der Waals surface area (Å²) in [6.07, 6.45) is 5.06. The first-order valence-corrected chi connectivity index (χ1v) is 11.7. The Kier molecular flexibility index (Phi) is 6.78. The topological polar surface area (TPSA) is 41.6 Å². The first-order chi connectivity index (χ1) is 14.2. The van der Waals surface area contributed by atoms with Gasteiger partial charge < -0.3 is 15.0 Å². The Balaban J connectivity index is 1.37. The van der Waals surface area contributed by atoms with Gasteiger partial charge in [-0.2, -0.15) is 0 Å². The second kappa shape index (κ2) is 9.68. The molecule has 0 aromatic heterocycles. The van der Waals surface area contributed by atoms with Crippen LogP contribution in [-0.4, -0.2) is 37.5 Å². The highest BCUT2D eigenvalue weighted by Crippen LogP contribution is 2.28. The fourth-order valence-electron chi connectivity index (χ4n) is 3.96. The number of thioether (sulfide) groups is 1. The number of piperidine rings is 1. The van der Waals surface area contributed by atoms with Gasteiger partial charge in [-0.15, -0.1) is 11.8 Å². The predicted molar refractivity (Wildman–Crippen MR) is 121 cm³/mol. The van der Waals surface area contributed by atoms with Gasteiger partial charge in [0.2, 0.25) is 0 Å². The molecule has 2 aromatic carbocycles. The molecule has 0 radical (unpaired) electrons. The number of carbonyl (C=O) groups excluding carboxylic acids is 1. The second-order valence-corrected chi connectivity index (χ2v) is 9.17. The van der Waals surface area contributed by atoms with Gasteiger partial charge in [0, 0.05) is 41.7 Å². The van der Waals surface area contributed by atoms with Crippen LogP contribution in [0.25, 0.3) is 0 Å². The van der Waals surface area contributed by atoms with Gasteiger partial charge in [-0.3, -0.25) is 4.79 Å². The van der Waals surface area contributed by atoms with Crippen LogP contribution in [0.2, 0.25) is 0 Å². The predicted octanol–water partition coefficient (Wildman–Crippen LogP) is 5.45. The molecule has 0 saturated carbocycles. The quantitative estimate of drug-likeness (QED) is 0.643. The van der Waals surface area contributed by atoms with Gasteiger partial charge >= 0.3 is 0 Å². The molecule has 1 N–H and O–H groups in total. The van der Waals surface area contributed by atoms with Gasteiger partial charge in [0.25, 0.3) is 5.91 Å². The van der Waals surface area contributed by atoms with E-state index in [1.165, 1.54) is 18.5 Å². The Morgan fingerprint density at radius 1 is 1.10 bits per heavy atom. The summed E-state index contributed by atoms with van der Waals surface area (Å²) >= 11 is 1.71. The summed E-state index contributed by atoms with van der Waals surface area (Å²) in [4.78, 5) is 16.3. The molecule has 154 valence electrons. The Bertz CT molecular complexity index is 810. The summed E-state index contributed by atoms with van der Waals surface area (Å²) in [5.74, 6) is 1.66. The molecule has 29 heavy (non-hydrogen) atoms. The average Bonchev–Trinajstić information content (AvgIpc) is 3.27. The van der Waals surface area contributed by atoms with Crippen molar-refractivity contribution in [2.75, 3.05) is 35.7 Å². The van der Waals surface area contributed by atoms with Crippen LogP contribution in [0.3, 0.4) is 0 Å². The van der Waals surface area contributed by atoms with Crippen molar-refractivity contribution in [3.63, 3.8) is 0 Å². The summed E-state index contributed by atoms with van der Waals surface area (Å²) in [5.41, 5.74) is 2.80. The van der Waals surface area contributed by atoms with Crippen LogP contribution in [0.4, 0.5) is 11.4 Å². The van der Waals surface area contributed by atoms with Gasteiger partial charge in [0.05, 0.1) is 11.7 Å². The summed E-state index contributed by atoms with van der Waals surface area (Å²) in [6, 6.07) is 16.1. The van der Waals surface area contributed by atoms with Crippen molar-refractivity contribution in [3.8, 4) is 0 Å². The number of nitrogens with one attached hydrogen (secondary N) is 1. The lowest BCUT2D eigenvalue weighted by molar-refractivity contribution is 0.102. The molecular weight excluding hydrogens is 380 g/mol. The first-order valence-electron chi connectivity index (χ1n) is 10.7. The van der Waals surface area contributed by atoms with E-state index >= 15 is 0 Å². The minimum atomic E-state index is -0.0556. The van der Waals surface area contributed by atoms with Crippen LogP contribution in [0.1, 0.15) is 43.0 Å². The van der Waals surface area contributed by atoms with Gasteiger partial charge in [-0.25, -0.2) is 0 Å². The van der Waals surface area contributed by atoms with Crippen LogP contribution in [0, 0.1) is 5.92 Å². The number of carbonyl (C=O) groups is 1. The van der Waals surface area contributed by atoms with Crippen LogP contribution >= 0.6 is 11.8 Å². The lowest BCUT2D eigenvalue weighted by Gasteiger charge is -2.32. The number of amides is 1. The zero-order valence-electron chi connectivity index (χ0n) is 17.1. The summed E-state index contributed by atoms with van der Waals surface area (Å²) in [5, 5.41) is 3.06. The second-order valence-electron chi connectivity index (χ2n) is 8.11. The third-order valence-corrected chi connectivity index (χ3v) is 7.06. The van der Waals surface area contributed by atoms with Crippen molar-refractivity contribution < 1.29 is 9.53 Å². The van der Waals surface area contributed by atoms with Crippen molar-refractivity contribution in [1.82, 2.24) is 0 Å². The molecule has 1 unspecified atom stereocenters. The van der Waals surface area contributed by atoms with Crippen LogP contribution in [-0.2, 0) is 4.74 Å². The number of anilines is 2. The van der Waals surface area contributed by atoms with E-state index < -0.39 is 0 Å². The van der Waals surface area contributed by atoms with Crippen molar-refractivity contribution in [1.29, 1.82) is 0 Å². The molecular formula is C24H30N2O2S. The van der Waals surface area contributed by atoms with Crippen molar-refractivity contribution in [2.45, 2.75) is 43.6 Å². The maximum Gasteiger partial charge on any atom is 0.256 e. The molecule has 2 aliphatic rings. The lowest BCUT2D eigenvalue weighted by Crippen LogP contribution is -2.32. The maximum atomic E-state index is 12.9. The monoisotopic (exact) mass is 410 g/mol. The highest BCUT2D eigenvalue weighted by molar-refractivity contribution is 7.99. The molecule has 2 heterocycles. The third-order valence-electron chi connectivity index (χ3n) is 5.85. The van der Waals surface area contributed by atoms with E-state index in [1.54, 1.807) is 11.8 Å². The van der Waals surface area contributed by atoms with E-state index in [2.05, 4.69) is 29.3 Å². The Labute approximate surface area is 178 Å². The Morgan fingerprint density at radius 3 is 2.59 bits per heavy atom. The van der Waals surface area contributed by atoms with Crippen molar-refractivity contribution in [3.05, 3.63) is 54.1 Å². The SMILES string of the molecule is CC1CCN(c2ccc(NC(=O)c3ccccc3SCC3CCCO3)cc2)CC1. The molecule has 0 bridgehead atoms. The summed E-state index contributed by atoms with van der Waals surface area (Å²) in [7, 11) is 0. The van der Waals surface area contributed by atoms with E-state index in [0.717, 1.165) is 60.4 Å². The van der Waals surface area contributed by atoms with Gasteiger partial charge in [-0.1, -0.05) is 19.1 Å². The maximum absolute atomic E-state index is 12.9. The number of rotatable bonds is 6. The molecule has 2 aromatic rings. The van der Waals surface area contributed by atoms with E-state index in [9.17, 15) is 4.79 Å². The molecule has 4 nitrogen and oxygen atoms in total. The van der Waals surface area contributed by atoms with Gasteiger partial charge in [-0.05, 0) is 68.0 Å². The lowest BCUT2D eigenvalue weighted by atomic mass is 9.99.